The number of ether oxygens (including phenoxy) is 1. The number of carbonyl (C=O) groups excluding carboxylic acids is 5. The Hall–Kier alpha value is -3.67. The number of carbonyl (C=O) groups is 5. The molecular weight excluding hydrogens is 456 g/mol. The summed E-state index contributed by atoms with van der Waals surface area (Å²) in [4.78, 5) is 67.1. The third kappa shape index (κ3) is 7.41. The predicted molar refractivity (Wildman–Crippen MR) is 125 cm³/mol. The van der Waals surface area contributed by atoms with Gasteiger partial charge in [0.25, 0.3) is 5.91 Å². The van der Waals surface area contributed by atoms with E-state index >= 15 is 0 Å². The molecule has 2 aliphatic rings. The summed E-state index contributed by atoms with van der Waals surface area (Å²) in [7, 11) is 1.96. The number of primary amides is 1. The molecule has 0 aromatic heterocycles. The van der Waals surface area contributed by atoms with Crippen LogP contribution >= 0.6 is 0 Å². The second-order valence-corrected chi connectivity index (χ2v) is 8.64. The Morgan fingerprint density at radius 2 is 1.86 bits per heavy atom. The molecule has 1 aromatic rings. The first-order valence-corrected chi connectivity index (χ1v) is 11.6. The van der Waals surface area contributed by atoms with Crippen LogP contribution in [0.3, 0.4) is 0 Å². The van der Waals surface area contributed by atoms with Gasteiger partial charge in [-0.2, -0.15) is 0 Å². The highest BCUT2D eigenvalue weighted by atomic mass is 16.5. The minimum Gasteiger partial charge on any atom is -0.491 e. The van der Waals surface area contributed by atoms with Crippen LogP contribution in [-0.4, -0.2) is 97.8 Å². The number of benzene rings is 1. The third-order valence-electron chi connectivity index (χ3n) is 5.87. The lowest BCUT2D eigenvalue weighted by Crippen LogP contribution is -2.54. The Labute approximate surface area is 203 Å². The maximum atomic E-state index is 13.4. The molecule has 1 aromatic carbocycles. The summed E-state index contributed by atoms with van der Waals surface area (Å²) in [6.07, 6.45) is -0.0696. The molecule has 12 nitrogen and oxygen atoms in total. The van der Waals surface area contributed by atoms with Gasteiger partial charge in [0.1, 0.15) is 24.4 Å². The van der Waals surface area contributed by atoms with Crippen molar-refractivity contribution in [3.05, 3.63) is 29.8 Å². The van der Waals surface area contributed by atoms with Crippen LogP contribution in [0.2, 0.25) is 0 Å². The summed E-state index contributed by atoms with van der Waals surface area (Å²) in [6.45, 7) is 2.55. The normalized spacial score (nSPS) is 22.9. The number of fused-ring (bicyclic) bond motifs is 1. The summed E-state index contributed by atoms with van der Waals surface area (Å²) < 4.78 is 5.67. The van der Waals surface area contributed by atoms with Gasteiger partial charge < -0.3 is 36.2 Å². The minimum atomic E-state index is -1.21. The largest absolute Gasteiger partial charge is 0.491 e. The summed E-state index contributed by atoms with van der Waals surface area (Å²) in [6, 6.07) is 4.12. The van der Waals surface area contributed by atoms with Gasteiger partial charge in [-0.25, -0.2) is 0 Å². The van der Waals surface area contributed by atoms with Crippen molar-refractivity contribution in [2.45, 2.75) is 31.3 Å². The zero-order valence-electron chi connectivity index (χ0n) is 19.7. The fourth-order valence-corrected chi connectivity index (χ4v) is 4.01. The van der Waals surface area contributed by atoms with E-state index < -0.39 is 54.5 Å². The van der Waals surface area contributed by atoms with E-state index in [1.165, 1.54) is 0 Å². The lowest BCUT2D eigenvalue weighted by molar-refractivity contribution is -0.136. The van der Waals surface area contributed by atoms with Crippen molar-refractivity contribution in [1.29, 1.82) is 0 Å². The van der Waals surface area contributed by atoms with Gasteiger partial charge in [0.15, 0.2) is 0 Å². The van der Waals surface area contributed by atoms with Gasteiger partial charge in [0.05, 0.1) is 24.9 Å². The molecule has 2 heterocycles. The van der Waals surface area contributed by atoms with Crippen molar-refractivity contribution in [2.75, 3.05) is 46.4 Å². The van der Waals surface area contributed by atoms with Crippen molar-refractivity contribution >= 4 is 29.5 Å². The lowest BCUT2D eigenvalue weighted by Gasteiger charge is -2.27. The number of nitrogens with one attached hydrogen (secondary N) is 3. The molecule has 0 bridgehead atoms. The van der Waals surface area contributed by atoms with E-state index in [0.29, 0.717) is 19.6 Å². The third-order valence-corrected chi connectivity index (χ3v) is 5.87. The second-order valence-electron chi connectivity index (χ2n) is 8.64. The number of amides is 5. The molecule has 3 rings (SSSR count). The number of rotatable bonds is 3. The molecule has 2 aliphatic heterocycles. The Morgan fingerprint density at radius 3 is 2.63 bits per heavy atom. The van der Waals surface area contributed by atoms with Crippen molar-refractivity contribution in [1.82, 2.24) is 25.8 Å². The van der Waals surface area contributed by atoms with E-state index in [2.05, 4.69) is 20.9 Å². The van der Waals surface area contributed by atoms with Gasteiger partial charge in [0, 0.05) is 19.6 Å². The van der Waals surface area contributed by atoms with Gasteiger partial charge >= 0.3 is 0 Å². The Morgan fingerprint density at radius 1 is 1.09 bits per heavy atom. The maximum Gasteiger partial charge on any atom is 0.255 e. The van der Waals surface area contributed by atoms with Crippen molar-refractivity contribution < 1.29 is 28.7 Å². The van der Waals surface area contributed by atoms with E-state index in [-0.39, 0.29) is 24.5 Å². The molecule has 0 aliphatic carbocycles. The average molecular weight is 489 g/mol. The summed E-state index contributed by atoms with van der Waals surface area (Å²) >= 11 is 0. The van der Waals surface area contributed by atoms with E-state index in [0.717, 1.165) is 13.0 Å². The van der Waals surface area contributed by atoms with E-state index in [9.17, 15) is 24.0 Å². The highest BCUT2D eigenvalue weighted by Crippen LogP contribution is 2.18. The van der Waals surface area contributed by atoms with Crippen LogP contribution in [-0.2, 0) is 19.2 Å². The zero-order valence-corrected chi connectivity index (χ0v) is 19.7. The fourth-order valence-electron chi connectivity index (χ4n) is 4.01. The zero-order chi connectivity index (χ0) is 25.4. The molecule has 5 N–H and O–H groups in total. The number of hydrogen-bond donors (Lipinski definition) is 4. The van der Waals surface area contributed by atoms with Crippen LogP contribution in [0.15, 0.2) is 24.3 Å². The summed E-state index contributed by atoms with van der Waals surface area (Å²) in [5.41, 5.74) is 5.45. The standard InChI is InChI=1S/C23H32N6O6/c1-28-8-4-9-29(11-10-28)23(34)17-14-20(31)26-16(13-19(24)30)22(33)25-7-12-35-18-6-3-2-5-15(18)21(32)27-17/h2-3,5-6,16-17H,4,7-14H2,1H3,(H2,24,30)(H,25,33)(H,26,31)(H,27,32)/t16-,17-/m0/s1. The van der Waals surface area contributed by atoms with Crippen LogP contribution in [0, 0.1) is 0 Å². The molecule has 2 atom stereocenters. The van der Waals surface area contributed by atoms with E-state index in [4.69, 9.17) is 10.5 Å². The molecule has 0 unspecified atom stereocenters. The average Bonchev–Trinajstić information content (AvgIpc) is 3.04. The first-order chi connectivity index (χ1) is 16.7. The number of nitrogens with zero attached hydrogens (tertiary/aromatic N) is 2. The molecule has 1 fully saturated rings. The molecule has 12 heteroatoms. The fraction of sp³-hybridized carbons (Fsp3) is 0.522. The quantitative estimate of drug-likeness (QED) is 0.390. The Balaban J connectivity index is 1.89. The maximum absolute atomic E-state index is 13.4. The van der Waals surface area contributed by atoms with Crippen LogP contribution in [0.5, 0.6) is 5.75 Å². The molecule has 35 heavy (non-hydrogen) atoms. The van der Waals surface area contributed by atoms with Gasteiger partial charge in [-0.15, -0.1) is 0 Å². The Kier molecular flexibility index (Phi) is 9.01. The first kappa shape index (κ1) is 25.9. The summed E-state index contributed by atoms with van der Waals surface area (Å²) in [5, 5.41) is 7.73. The number of hydrogen-bond acceptors (Lipinski definition) is 7. The van der Waals surface area contributed by atoms with Gasteiger partial charge in [-0.1, -0.05) is 12.1 Å². The van der Waals surface area contributed by atoms with Gasteiger partial charge in [-0.3, -0.25) is 24.0 Å². The topological polar surface area (TPSA) is 163 Å². The first-order valence-electron chi connectivity index (χ1n) is 11.6. The minimum absolute atomic E-state index is 0.0386. The SMILES string of the molecule is CN1CCCN(C(=O)[C@@H]2CC(=O)N[C@@H](CC(N)=O)C(=O)NCCOc3ccccc3C(=O)N2)CC1. The lowest BCUT2D eigenvalue weighted by atomic mass is 10.1. The number of para-hydroxylation sites is 1. The molecule has 0 radical (unpaired) electrons. The molecular formula is C23H32N6O6. The van der Waals surface area contributed by atoms with Crippen LogP contribution < -0.4 is 26.4 Å². The van der Waals surface area contributed by atoms with Gasteiger partial charge in [0.2, 0.25) is 23.6 Å². The number of likely N-dealkylation sites (N-methyl/N-ethyl adjacent to an activating group) is 1. The second kappa shape index (κ2) is 12.2. The van der Waals surface area contributed by atoms with Gasteiger partial charge in [-0.05, 0) is 32.1 Å². The highest BCUT2D eigenvalue weighted by Gasteiger charge is 2.32. The highest BCUT2D eigenvalue weighted by molar-refractivity contribution is 6.01. The number of nitrogens with two attached hydrogens (primary N) is 1. The Bertz CT molecular complexity index is 970. The van der Waals surface area contributed by atoms with Crippen LogP contribution in [0.1, 0.15) is 29.6 Å². The van der Waals surface area contributed by atoms with Crippen LogP contribution in [0.25, 0.3) is 0 Å². The summed E-state index contributed by atoms with van der Waals surface area (Å²) in [5.74, 6) is -2.73. The monoisotopic (exact) mass is 488 g/mol. The molecule has 0 spiro atoms. The molecule has 5 amide bonds. The predicted octanol–water partition coefficient (Wildman–Crippen LogP) is -1.79. The van der Waals surface area contributed by atoms with Crippen LogP contribution in [0.4, 0.5) is 0 Å². The molecule has 0 saturated carbocycles. The molecule has 1 saturated heterocycles. The smallest absolute Gasteiger partial charge is 0.255 e. The molecule has 190 valence electrons. The van der Waals surface area contributed by atoms with Crippen molar-refractivity contribution in [3.63, 3.8) is 0 Å². The van der Waals surface area contributed by atoms with Crippen molar-refractivity contribution in [3.8, 4) is 5.75 Å². The van der Waals surface area contributed by atoms with E-state index in [1.807, 2.05) is 7.05 Å². The van der Waals surface area contributed by atoms with E-state index in [1.54, 1.807) is 29.2 Å². The van der Waals surface area contributed by atoms with Crippen molar-refractivity contribution in [2.24, 2.45) is 5.73 Å².